The van der Waals surface area contributed by atoms with E-state index in [2.05, 4.69) is 5.32 Å². The lowest BCUT2D eigenvalue weighted by Crippen LogP contribution is -2.53. The van der Waals surface area contributed by atoms with E-state index in [1.54, 1.807) is 4.90 Å². The van der Waals surface area contributed by atoms with Gasteiger partial charge in [-0.25, -0.2) is 4.39 Å². The fraction of sp³-hybridized carbons (Fsp3) is 0.923. The van der Waals surface area contributed by atoms with Crippen molar-refractivity contribution >= 4 is 5.91 Å². The molecule has 0 bridgehead atoms. The Hall–Kier alpha value is -0.720. The van der Waals surface area contributed by atoms with E-state index >= 15 is 0 Å². The minimum absolute atomic E-state index is 0.0238. The third kappa shape index (κ3) is 3.43. The quantitative estimate of drug-likeness (QED) is 0.798. The highest BCUT2D eigenvalue weighted by Crippen LogP contribution is 2.20. The summed E-state index contributed by atoms with van der Waals surface area (Å²) < 4.78 is 19.6. The number of piperidine rings is 1. The fourth-order valence-electron chi connectivity index (χ4n) is 2.72. The van der Waals surface area contributed by atoms with E-state index < -0.39 is 6.17 Å². The normalized spacial score (nSPS) is 33.1. The van der Waals surface area contributed by atoms with Gasteiger partial charge in [-0.15, -0.1) is 0 Å². The van der Waals surface area contributed by atoms with Crippen LogP contribution in [0.25, 0.3) is 0 Å². The molecule has 1 N–H and O–H groups in total. The van der Waals surface area contributed by atoms with E-state index in [1.165, 1.54) is 0 Å². The first-order valence-electron chi connectivity index (χ1n) is 6.98. The summed E-state index contributed by atoms with van der Waals surface area (Å²) >= 11 is 0. The highest BCUT2D eigenvalue weighted by molar-refractivity contribution is 5.82. The Kier molecular flexibility index (Phi) is 4.76. The zero-order valence-corrected chi connectivity index (χ0v) is 11.9. The van der Waals surface area contributed by atoms with Crippen LogP contribution in [0.1, 0.15) is 20.3 Å². The molecule has 110 valence electrons. The Morgan fingerprint density at radius 1 is 1.47 bits per heavy atom. The zero-order valence-electron chi connectivity index (χ0n) is 11.9. The molecule has 0 aromatic carbocycles. The van der Waals surface area contributed by atoms with Crippen molar-refractivity contribution in [3.63, 3.8) is 0 Å². The average Bonchev–Trinajstić information content (AvgIpc) is 2.76. The van der Waals surface area contributed by atoms with Crippen molar-refractivity contribution in [2.75, 3.05) is 33.4 Å². The Balaban J connectivity index is 1.89. The molecular weight excluding hydrogens is 249 g/mol. The number of halogens is 1. The van der Waals surface area contributed by atoms with E-state index in [1.807, 2.05) is 25.8 Å². The maximum Gasteiger partial charge on any atom is 0.241 e. The molecule has 2 saturated heterocycles. The van der Waals surface area contributed by atoms with Gasteiger partial charge >= 0.3 is 0 Å². The molecule has 19 heavy (non-hydrogen) atoms. The molecular formula is C13H24FN3O2. The van der Waals surface area contributed by atoms with Gasteiger partial charge in [-0.2, -0.15) is 0 Å². The number of carbonyl (C=O) groups is 1. The molecule has 2 rings (SSSR count). The second kappa shape index (κ2) is 6.15. The molecule has 1 unspecified atom stereocenters. The van der Waals surface area contributed by atoms with Crippen LogP contribution < -0.4 is 5.32 Å². The molecule has 0 aromatic heterocycles. The molecule has 0 saturated carbocycles. The van der Waals surface area contributed by atoms with Gasteiger partial charge in [0.1, 0.15) is 12.2 Å². The Bertz CT molecular complexity index is 327. The molecule has 0 aromatic rings. The predicted molar refractivity (Wildman–Crippen MR) is 70.5 cm³/mol. The first kappa shape index (κ1) is 14.7. The molecule has 5 nitrogen and oxygen atoms in total. The fourth-order valence-corrected chi connectivity index (χ4v) is 2.72. The second-order valence-electron chi connectivity index (χ2n) is 5.70. The van der Waals surface area contributed by atoms with Crippen LogP contribution in [0.15, 0.2) is 0 Å². The number of nitrogens with one attached hydrogen (secondary N) is 1. The van der Waals surface area contributed by atoms with Crippen LogP contribution in [-0.2, 0) is 9.53 Å². The summed E-state index contributed by atoms with van der Waals surface area (Å²) in [5.41, 5.74) is 0. The predicted octanol–water partition coefficient (Wildman–Crippen LogP) is 0.212. The number of nitrogens with zero attached hydrogens (tertiary/aromatic N) is 2. The highest BCUT2D eigenvalue weighted by Gasteiger charge is 2.37. The van der Waals surface area contributed by atoms with E-state index in [-0.39, 0.29) is 30.7 Å². The lowest BCUT2D eigenvalue weighted by molar-refractivity contribution is -0.142. The van der Waals surface area contributed by atoms with Crippen molar-refractivity contribution in [3.05, 3.63) is 0 Å². The van der Waals surface area contributed by atoms with Crippen LogP contribution in [0.3, 0.4) is 0 Å². The summed E-state index contributed by atoms with van der Waals surface area (Å²) in [6.07, 6.45) is -0.853. The van der Waals surface area contributed by atoms with Gasteiger partial charge in [0.15, 0.2) is 0 Å². The summed E-state index contributed by atoms with van der Waals surface area (Å²) in [5.74, 6) is 0.0261. The lowest BCUT2D eigenvalue weighted by Gasteiger charge is -2.37. The number of likely N-dealkylation sites (tertiary alicyclic amines) is 1. The topological polar surface area (TPSA) is 44.8 Å². The molecule has 0 aliphatic carbocycles. The van der Waals surface area contributed by atoms with Crippen LogP contribution in [0.4, 0.5) is 4.39 Å². The maximum atomic E-state index is 14.1. The van der Waals surface area contributed by atoms with Gasteiger partial charge in [0.2, 0.25) is 5.91 Å². The third-order valence-electron chi connectivity index (χ3n) is 3.76. The largest absolute Gasteiger partial charge is 0.372 e. The average molecular weight is 273 g/mol. The van der Waals surface area contributed by atoms with Crippen molar-refractivity contribution in [2.24, 2.45) is 0 Å². The van der Waals surface area contributed by atoms with Crippen molar-refractivity contribution in [3.8, 4) is 0 Å². The van der Waals surface area contributed by atoms with Crippen molar-refractivity contribution < 1.29 is 13.9 Å². The molecule has 2 fully saturated rings. The Morgan fingerprint density at radius 2 is 2.21 bits per heavy atom. The summed E-state index contributed by atoms with van der Waals surface area (Å²) in [4.78, 5) is 15.9. The van der Waals surface area contributed by atoms with Gasteiger partial charge in [0.25, 0.3) is 0 Å². The van der Waals surface area contributed by atoms with Crippen molar-refractivity contribution in [2.45, 2.75) is 44.7 Å². The minimum atomic E-state index is -1.08. The monoisotopic (exact) mass is 273 g/mol. The van der Waals surface area contributed by atoms with E-state index in [9.17, 15) is 9.18 Å². The summed E-state index contributed by atoms with van der Waals surface area (Å²) in [6, 6.07) is -0.158. The van der Waals surface area contributed by atoms with Crippen LogP contribution in [0.5, 0.6) is 0 Å². The number of hydrogen-bond acceptors (Lipinski definition) is 4. The first-order valence-corrected chi connectivity index (χ1v) is 6.98. The van der Waals surface area contributed by atoms with E-state index in [0.717, 1.165) is 0 Å². The third-order valence-corrected chi connectivity index (χ3v) is 3.76. The molecule has 2 heterocycles. The molecule has 6 heteroatoms. The SMILES string of the molecule is CC(C)O[C@H]1CCN(C(=O)C2CNCN2C)C[C@H]1F. The highest BCUT2D eigenvalue weighted by atomic mass is 19.1. The van der Waals surface area contributed by atoms with Gasteiger partial charge in [-0.3, -0.25) is 9.69 Å². The van der Waals surface area contributed by atoms with Gasteiger partial charge in [-0.1, -0.05) is 0 Å². The summed E-state index contributed by atoms with van der Waals surface area (Å²) in [5, 5.41) is 3.15. The smallest absolute Gasteiger partial charge is 0.241 e. The Labute approximate surface area is 114 Å². The number of amides is 1. The van der Waals surface area contributed by atoms with Crippen molar-refractivity contribution in [1.29, 1.82) is 0 Å². The molecule has 0 spiro atoms. The second-order valence-corrected chi connectivity index (χ2v) is 5.70. The molecule has 2 aliphatic heterocycles. The molecule has 0 radical (unpaired) electrons. The van der Waals surface area contributed by atoms with Gasteiger partial charge < -0.3 is 15.0 Å². The Morgan fingerprint density at radius 3 is 2.74 bits per heavy atom. The van der Waals surface area contributed by atoms with Crippen LogP contribution in [0.2, 0.25) is 0 Å². The molecule has 3 atom stereocenters. The van der Waals surface area contributed by atoms with E-state index in [0.29, 0.717) is 26.2 Å². The number of carbonyl (C=O) groups excluding carboxylic acids is 1. The lowest BCUT2D eigenvalue weighted by atomic mass is 10.0. The van der Waals surface area contributed by atoms with Crippen LogP contribution >= 0.6 is 0 Å². The van der Waals surface area contributed by atoms with Crippen molar-refractivity contribution in [1.82, 2.24) is 15.1 Å². The van der Waals surface area contributed by atoms with Gasteiger partial charge in [0, 0.05) is 19.8 Å². The van der Waals surface area contributed by atoms with Gasteiger partial charge in [-0.05, 0) is 27.3 Å². The van der Waals surface area contributed by atoms with Gasteiger partial charge in [0.05, 0.1) is 18.8 Å². The zero-order chi connectivity index (χ0) is 14.0. The molecule has 2 aliphatic rings. The number of rotatable bonds is 3. The number of hydrogen-bond donors (Lipinski definition) is 1. The van der Waals surface area contributed by atoms with Crippen LogP contribution in [-0.4, -0.2) is 73.5 Å². The molecule has 1 amide bonds. The number of ether oxygens (including phenoxy) is 1. The number of likely N-dealkylation sites (N-methyl/N-ethyl adjacent to an activating group) is 1. The first-order chi connectivity index (χ1) is 8.99. The number of alkyl halides is 1. The minimum Gasteiger partial charge on any atom is -0.372 e. The summed E-state index contributed by atoms with van der Waals surface area (Å²) in [7, 11) is 1.91. The van der Waals surface area contributed by atoms with E-state index in [4.69, 9.17) is 4.74 Å². The summed E-state index contributed by atoms with van der Waals surface area (Å²) in [6.45, 7) is 5.91. The maximum absolute atomic E-state index is 14.1. The standard InChI is InChI=1S/C13H24FN3O2/c1-9(2)19-12-4-5-17(7-10(12)14)13(18)11-6-15-8-16(11)3/h9-12,15H,4-8H2,1-3H3/t10-,11?,12+/m1/s1. The van der Waals surface area contributed by atoms with Crippen LogP contribution in [0, 0.1) is 0 Å².